The number of aromatic nitrogens is 4. The van der Waals surface area contributed by atoms with E-state index in [-0.39, 0.29) is 5.56 Å². The van der Waals surface area contributed by atoms with Gasteiger partial charge in [0.1, 0.15) is 5.39 Å². The molecule has 1 saturated heterocycles. The van der Waals surface area contributed by atoms with Crippen LogP contribution in [-0.2, 0) is 0 Å². The molecule has 4 rings (SSSR count). The quantitative estimate of drug-likeness (QED) is 0.785. The highest BCUT2D eigenvalue weighted by Crippen LogP contribution is 2.21. The summed E-state index contributed by atoms with van der Waals surface area (Å²) in [7, 11) is 0. The van der Waals surface area contributed by atoms with Crippen LogP contribution < -0.4 is 10.5 Å². The molecule has 6 nitrogen and oxygen atoms in total. The fourth-order valence-electron chi connectivity index (χ4n) is 2.98. The maximum absolute atomic E-state index is 12.3. The van der Waals surface area contributed by atoms with Crippen LogP contribution in [0.4, 0.5) is 5.95 Å². The predicted octanol–water partition coefficient (Wildman–Crippen LogP) is 2.67. The average Bonchev–Trinajstić information content (AvgIpc) is 3.16. The lowest BCUT2D eigenvalue weighted by atomic mass is 10.2. The number of hydrogen-bond acceptors (Lipinski definition) is 4. The molecule has 0 atom stereocenters. The summed E-state index contributed by atoms with van der Waals surface area (Å²) in [6.07, 6.45) is 3.96. The molecule has 1 aromatic carbocycles. The van der Waals surface area contributed by atoms with E-state index < -0.39 is 0 Å². The van der Waals surface area contributed by atoms with Crippen molar-refractivity contribution in [3.05, 3.63) is 45.3 Å². The summed E-state index contributed by atoms with van der Waals surface area (Å²) in [6.45, 7) is 3.80. The number of H-pyrrole nitrogens is 1. The second-order valence-corrected chi connectivity index (χ2v) is 6.26. The Morgan fingerprint density at radius 1 is 1.26 bits per heavy atom. The molecule has 0 saturated carbocycles. The van der Waals surface area contributed by atoms with Crippen molar-refractivity contribution >= 4 is 28.6 Å². The van der Waals surface area contributed by atoms with E-state index >= 15 is 0 Å². The SMILES string of the molecule is Cc1cc(Cl)ccc1-n1cc2c(=O)[nH]c(N3CCCC3)nc2n1. The molecule has 0 aliphatic carbocycles. The maximum Gasteiger partial charge on any atom is 0.263 e. The highest BCUT2D eigenvalue weighted by Gasteiger charge is 2.17. The van der Waals surface area contributed by atoms with E-state index in [0.29, 0.717) is 22.0 Å². The number of anilines is 1. The van der Waals surface area contributed by atoms with Crippen molar-refractivity contribution < 1.29 is 0 Å². The number of nitrogens with one attached hydrogen (secondary N) is 1. The highest BCUT2D eigenvalue weighted by molar-refractivity contribution is 6.30. The van der Waals surface area contributed by atoms with E-state index in [9.17, 15) is 4.79 Å². The van der Waals surface area contributed by atoms with Crippen molar-refractivity contribution in [1.29, 1.82) is 0 Å². The Labute approximate surface area is 137 Å². The van der Waals surface area contributed by atoms with E-state index in [4.69, 9.17) is 11.6 Å². The lowest BCUT2D eigenvalue weighted by molar-refractivity contribution is 0.870. The molecular formula is C16H16ClN5O. The molecule has 3 heterocycles. The summed E-state index contributed by atoms with van der Waals surface area (Å²) in [5.74, 6) is 0.609. The van der Waals surface area contributed by atoms with Gasteiger partial charge in [-0.15, -0.1) is 5.10 Å². The first-order valence-electron chi connectivity index (χ1n) is 7.63. The van der Waals surface area contributed by atoms with Gasteiger partial charge < -0.3 is 4.90 Å². The minimum absolute atomic E-state index is 0.158. The van der Waals surface area contributed by atoms with Crippen LogP contribution in [0.25, 0.3) is 16.7 Å². The Kier molecular flexibility index (Phi) is 3.34. The third kappa shape index (κ3) is 2.49. The summed E-state index contributed by atoms with van der Waals surface area (Å²) < 4.78 is 1.69. The molecule has 7 heteroatoms. The van der Waals surface area contributed by atoms with Gasteiger partial charge in [0.25, 0.3) is 5.56 Å². The second-order valence-electron chi connectivity index (χ2n) is 5.83. The molecular weight excluding hydrogens is 314 g/mol. The van der Waals surface area contributed by atoms with Gasteiger partial charge in [-0.25, -0.2) is 4.68 Å². The molecule has 23 heavy (non-hydrogen) atoms. The van der Waals surface area contributed by atoms with Crippen molar-refractivity contribution in [3.63, 3.8) is 0 Å². The molecule has 1 aliphatic rings. The van der Waals surface area contributed by atoms with Gasteiger partial charge in [0, 0.05) is 24.3 Å². The third-order valence-corrected chi connectivity index (χ3v) is 4.42. The van der Waals surface area contributed by atoms with Crippen LogP contribution in [0.5, 0.6) is 0 Å². The van der Waals surface area contributed by atoms with Crippen LogP contribution in [0.2, 0.25) is 5.02 Å². The number of aryl methyl sites for hydroxylation is 1. The molecule has 0 bridgehead atoms. The van der Waals surface area contributed by atoms with E-state index in [1.165, 1.54) is 0 Å². The molecule has 1 N–H and O–H groups in total. The summed E-state index contributed by atoms with van der Waals surface area (Å²) in [5, 5.41) is 5.65. The van der Waals surface area contributed by atoms with Crippen molar-refractivity contribution in [2.75, 3.05) is 18.0 Å². The van der Waals surface area contributed by atoms with E-state index in [1.807, 2.05) is 25.1 Å². The highest BCUT2D eigenvalue weighted by atomic mass is 35.5. The molecule has 0 spiro atoms. The average molecular weight is 330 g/mol. The first-order valence-corrected chi connectivity index (χ1v) is 8.01. The van der Waals surface area contributed by atoms with Crippen LogP contribution in [0.15, 0.2) is 29.2 Å². The van der Waals surface area contributed by atoms with Crippen molar-refractivity contribution in [1.82, 2.24) is 19.7 Å². The van der Waals surface area contributed by atoms with E-state index in [2.05, 4.69) is 20.0 Å². The van der Waals surface area contributed by atoms with E-state index in [0.717, 1.165) is 37.2 Å². The number of aromatic amines is 1. The van der Waals surface area contributed by atoms with Crippen LogP contribution in [0, 0.1) is 6.92 Å². The first-order chi connectivity index (χ1) is 11.1. The molecule has 2 aromatic heterocycles. The normalized spacial score (nSPS) is 14.8. The number of rotatable bonds is 2. The van der Waals surface area contributed by atoms with Gasteiger partial charge in [-0.3, -0.25) is 9.78 Å². The van der Waals surface area contributed by atoms with Crippen LogP contribution in [-0.4, -0.2) is 32.8 Å². The van der Waals surface area contributed by atoms with Gasteiger partial charge in [-0.1, -0.05) is 11.6 Å². The molecule has 0 unspecified atom stereocenters. The van der Waals surface area contributed by atoms with Crippen LogP contribution >= 0.6 is 11.6 Å². The third-order valence-electron chi connectivity index (χ3n) is 4.19. The minimum Gasteiger partial charge on any atom is -0.342 e. The second kappa shape index (κ2) is 5.38. The zero-order valence-corrected chi connectivity index (χ0v) is 13.5. The lowest BCUT2D eigenvalue weighted by Gasteiger charge is -2.14. The number of nitrogens with zero attached hydrogens (tertiary/aromatic N) is 4. The Hall–Kier alpha value is -2.34. The summed E-state index contributed by atoms with van der Waals surface area (Å²) in [4.78, 5) is 21.8. The monoisotopic (exact) mass is 329 g/mol. The molecule has 118 valence electrons. The number of fused-ring (bicyclic) bond motifs is 1. The topological polar surface area (TPSA) is 66.8 Å². The van der Waals surface area contributed by atoms with Gasteiger partial charge in [0.2, 0.25) is 5.95 Å². The predicted molar refractivity (Wildman–Crippen MR) is 90.7 cm³/mol. The maximum atomic E-state index is 12.3. The standard InChI is InChI=1S/C16H16ClN5O/c1-10-8-11(17)4-5-13(10)22-9-12-14(20-22)18-16(19-15(12)23)21-6-2-3-7-21/h4-5,8-9H,2-3,6-7H2,1H3,(H,18,19,20,23). The molecule has 0 radical (unpaired) electrons. The van der Waals surface area contributed by atoms with Crippen LogP contribution in [0.3, 0.4) is 0 Å². The van der Waals surface area contributed by atoms with Gasteiger partial charge in [0.05, 0.1) is 5.69 Å². The zero-order chi connectivity index (χ0) is 16.0. The fourth-order valence-corrected chi connectivity index (χ4v) is 3.21. The molecule has 1 fully saturated rings. The number of hydrogen-bond donors (Lipinski definition) is 1. The van der Waals surface area contributed by atoms with Gasteiger partial charge >= 0.3 is 0 Å². The smallest absolute Gasteiger partial charge is 0.263 e. The summed E-state index contributed by atoms with van der Waals surface area (Å²) in [6, 6.07) is 5.57. The summed E-state index contributed by atoms with van der Waals surface area (Å²) in [5.41, 5.74) is 2.18. The lowest BCUT2D eigenvalue weighted by Crippen LogP contribution is -2.23. The van der Waals surface area contributed by atoms with Crippen molar-refractivity contribution in [2.24, 2.45) is 0 Å². The van der Waals surface area contributed by atoms with E-state index in [1.54, 1.807) is 10.9 Å². The molecule has 3 aromatic rings. The molecule has 0 amide bonds. The Morgan fingerprint density at radius 2 is 2.04 bits per heavy atom. The molecule has 1 aliphatic heterocycles. The fraction of sp³-hybridized carbons (Fsp3) is 0.312. The summed E-state index contributed by atoms with van der Waals surface area (Å²) >= 11 is 6.00. The first kappa shape index (κ1) is 14.3. The Balaban J connectivity index is 1.84. The Bertz CT molecular complexity index is 939. The van der Waals surface area contributed by atoms with Crippen molar-refractivity contribution in [3.8, 4) is 5.69 Å². The largest absolute Gasteiger partial charge is 0.342 e. The Morgan fingerprint density at radius 3 is 2.78 bits per heavy atom. The van der Waals surface area contributed by atoms with Crippen molar-refractivity contribution in [2.45, 2.75) is 19.8 Å². The minimum atomic E-state index is -0.158. The van der Waals surface area contributed by atoms with Gasteiger partial charge in [0.15, 0.2) is 5.65 Å². The number of halogens is 1. The van der Waals surface area contributed by atoms with Gasteiger partial charge in [-0.2, -0.15) is 4.98 Å². The van der Waals surface area contributed by atoms with Gasteiger partial charge in [-0.05, 0) is 43.5 Å². The number of benzene rings is 1. The van der Waals surface area contributed by atoms with Crippen LogP contribution in [0.1, 0.15) is 18.4 Å². The zero-order valence-electron chi connectivity index (χ0n) is 12.7.